The summed E-state index contributed by atoms with van der Waals surface area (Å²) in [5.74, 6) is 0.813. The normalized spacial score (nSPS) is 13.9. The first-order chi connectivity index (χ1) is 8.72. The lowest BCUT2D eigenvalue weighted by Gasteiger charge is -2.18. The van der Waals surface area contributed by atoms with Crippen LogP contribution in [0.1, 0.15) is 22.1 Å². The molecule has 0 aliphatic heterocycles. The summed E-state index contributed by atoms with van der Waals surface area (Å²) in [6.07, 6.45) is -0.570. The average Bonchev–Trinajstić information content (AvgIpc) is 2.47. The molecule has 2 aromatic rings. The molecule has 0 radical (unpaired) electrons. The fraction of sp³-hybridized carbons (Fsp3) is 0.200. The summed E-state index contributed by atoms with van der Waals surface area (Å²) in [5.41, 5.74) is 1.92. The number of alkyl halides is 1. The van der Waals surface area contributed by atoms with E-state index in [1.54, 1.807) is 7.11 Å². The molecule has 0 heterocycles. The van der Waals surface area contributed by atoms with E-state index < -0.39 is 6.10 Å². The smallest absolute Gasteiger partial charge is 0.118 e. The molecule has 0 saturated heterocycles. The maximum atomic E-state index is 10.3. The van der Waals surface area contributed by atoms with Gasteiger partial charge in [-0.2, -0.15) is 0 Å². The second-order valence-corrected chi connectivity index (χ2v) is 5.02. The molecule has 0 unspecified atom stereocenters. The van der Waals surface area contributed by atoms with E-state index in [0.717, 1.165) is 16.9 Å². The summed E-state index contributed by atoms with van der Waals surface area (Å²) in [5, 5.41) is 10.3. The van der Waals surface area contributed by atoms with Crippen molar-refractivity contribution in [3.63, 3.8) is 0 Å². The van der Waals surface area contributed by atoms with E-state index in [0.29, 0.717) is 0 Å². The average molecular weight is 307 g/mol. The Morgan fingerprint density at radius 2 is 1.56 bits per heavy atom. The number of hydrogen-bond acceptors (Lipinski definition) is 2. The monoisotopic (exact) mass is 306 g/mol. The van der Waals surface area contributed by atoms with Crippen LogP contribution < -0.4 is 4.74 Å². The number of rotatable bonds is 4. The zero-order chi connectivity index (χ0) is 13.0. The van der Waals surface area contributed by atoms with Gasteiger partial charge < -0.3 is 9.84 Å². The molecule has 3 heteroatoms. The Kier molecular flexibility index (Phi) is 4.39. The van der Waals surface area contributed by atoms with Gasteiger partial charge in [-0.1, -0.05) is 58.4 Å². The van der Waals surface area contributed by atoms with Gasteiger partial charge in [-0.3, -0.25) is 0 Å². The molecule has 2 rings (SSSR count). The van der Waals surface area contributed by atoms with Crippen LogP contribution in [0.15, 0.2) is 54.6 Å². The molecule has 18 heavy (non-hydrogen) atoms. The molecule has 2 aromatic carbocycles. The van der Waals surface area contributed by atoms with E-state index in [4.69, 9.17) is 4.74 Å². The number of methoxy groups -OCH3 is 1. The highest BCUT2D eigenvalue weighted by atomic mass is 79.9. The number of ether oxygens (including phenoxy) is 1. The maximum Gasteiger partial charge on any atom is 0.118 e. The van der Waals surface area contributed by atoms with Gasteiger partial charge in [0.15, 0.2) is 0 Å². The van der Waals surface area contributed by atoms with Gasteiger partial charge in [0.1, 0.15) is 5.75 Å². The maximum absolute atomic E-state index is 10.3. The molecule has 0 aliphatic carbocycles. The third-order valence-corrected chi connectivity index (χ3v) is 3.88. The zero-order valence-corrected chi connectivity index (χ0v) is 11.7. The molecule has 0 amide bonds. The molecule has 1 N–H and O–H groups in total. The van der Waals surface area contributed by atoms with Crippen molar-refractivity contribution in [1.82, 2.24) is 0 Å². The Morgan fingerprint density at radius 1 is 0.944 bits per heavy atom. The molecule has 94 valence electrons. The summed E-state index contributed by atoms with van der Waals surface area (Å²) < 4.78 is 5.12. The first-order valence-electron chi connectivity index (χ1n) is 5.73. The van der Waals surface area contributed by atoms with E-state index in [1.165, 1.54) is 0 Å². The van der Waals surface area contributed by atoms with Crippen molar-refractivity contribution in [3.05, 3.63) is 65.7 Å². The van der Waals surface area contributed by atoms with Gasteiger partial charge in [0.25, 0.3) is 0 Å². The molecule has 0 saturated carbocycles. The Morgan fingerprint density at radius 3 is 2.11 bits per heavy atom. The van der Waals surface area contributed by atoms with E-state index >= 15 is 0 Å². The van der Waals surface area contributed by atoms with Crippen molar-refractivity contribution in [1.29, 1.82) is 0 Å². The summed E-state index contributed by atoms with van der Waals surface area (Å²) in [6, 6.07) is 17.3. The molecule has 0 fully saturated rings. The third-order valence-electron chi connectivity index (χ3n) is 2.85. The summed E-state index contributed by atoms with van der Waals surface area (Å²) >= 11 is 3.54. The Labute approximate surface area is 115 Å². The lowest BCUT2D eigenvalue weighted by Crippen LogP contribution is -2.04. The zero-order valence-electron chi connectivity index (χ0n) is 10.1. The fourth-order valence-electron chi connectivity index (χ4n) is 1.79. The Balaban J connectivity index is 2.17. The van der Waals surface area contributed by atoms with Crippen molar-refractivity contribution in [2.24, 2.45) is 0 Å². The second kappa shape index (κ2) is 6.03. The van der Waals surface area contributed by atoms with Crippen LogP contribution in [0.3, 0.4) is 0 Å². The Hall–Kier alpha value is -1.32. The molecule has 0 bridgehead atoms. The van der Waals surface area contributed by atoms with Crippen LogP contribution in [-0.2, 0) is 0 Å². The van der Waals surface area contributed by atoms with Crippen molar-refractivity contribution >= 4 is 15.9 Å². The first kappa shape index (κ1) is 13.1. The van der Waals surface area contributed by atoms with Crippen LogP contribution >= 0.6 is 15.9 Å². The molecule has 2 atom stereocenters. The number of halogens is 1. The van der Waals surface area contributed by atoms with Crippen molar-refractivity contribution in [2.75, 3.05) is 7.11 Å². The van der Waals surface area contributed by atoms with Crippen molar-refractivity contribution in [2.45, 2.75) is 10.9 Å². The van der Waals surface area contributed by atoms with Gasteiger partial charge >= 0.3 is 0 Å². The van der Waals surface area contributed by atoms with Gasteiger partial charge in [0.2, 0.25) is 0 Å². The SMILES string of the molecule is COc1ccc([C@@H](Br)[C@H](O)c2ccccc2)cc1. The van der Waals surface area contributed by atoms with E-state index in [9.17, 15) is 5.11 Å². The number of benzene rings is 2. The molecular weight excluding hydrogens is 292 g/mol. The van der Waals surface area contributed by atoms with E-state index in [2.05, 4.69) is 15.9 Å². The van der Waals surface area contributed by atoms with Gasteiger partial charge in [0, 0.05) is 0 Å². The van der Waals surface area contributed by atoms with Crippen LogP contribution in [0.5, 0.6) is 5.75 Å². The molecule has 2 nitrogen and oxygen atoms in total. The summed E-state index contributed by atoms with van der Waals surface area (Å²) in [7, 11) is 1.64. The minimum Gasteiger partial charge on any atom is -0.497 e. The van der Waals surface area contributed by atoms with Gasteiger partial charge in [-0.25, -0.2) is 0 Å². The highest BCUT2D eigenvalue weighted by Crippen LogP contribution is 2.36. The van der Waals surface area contributed by atoms with Gasteiger partial charge in [0.05, 0.1) is 18.0 Å². The highest BCUT2D eigenvalue weighted by Gasteiger charge is 2.19. The lowest BCUT2D eigenvalue weighted by atomic mass is 10.0. The first-order valence-corrected chi connectivity index (χ1v) is 6.65. The fourth-order valence-corrected chi connectivity index (χ4v) is 2.40. The highest BCUT2D eigenvalue weighted by molar-refractivity contribution is 9.09. The van der Waals surface area contributed by atoms with Crippen LogP contribution in [0, 0.1) is 0 Å². The van der Waals surface area contributed by atoms with Crippen molar-refractivity contribution in [3.8, 4) is 5.75 Å². The van der Waals surface area contributed by atoms with E-state index in [-0.39, 0.29) is 4.83 Å². The van der Waals surface area contributed by atoms with Crippen LogP contribution in [0.4, 0.5) is 0 Å². The second-order valence-electron chi connectivity index (χ2n) is 4.03. The largest absolute Gasteiger partial charge is 0.497 e. The van der Waals surface area contributed by atoms with Crippen LogP contribution in [0.2, 0.25) is 0 Å². The van der Waals surface area contributed by atoms with Crippen molar-refractivity contribution < 1.29 is 9.84 Å². The predicted octanol–water partition coefficient (Wildman–Crippen LogP) is 3.86. The quantitative estimate of drug-likeness (QED) is 0.869. The van der Waals surface area contributed by atoms with Gasteiger partial charge in [-0.05, 0) is 23.3 Å². The Bertz CT molecular complexity index is 482. The van der Waals surface area contributed by atoms with Crippen LogP contribution in [0.25, 0.3) is 0 Å². The van der Waals surface area contributed by atoms with Crippen LogP contribution in [-0.4, -0.2) is 12.2 Å². The predicted molar refractivity (Wildman–Crippen MR) is 76.1 cm³/mol. The molecule has 0 aliphatic rings. The minimum atomic E-state index is -0.570. The standard InChI is InChI=1S/C15H15BrO2/c1-18-13-9-7-11(8-10-13)14(16)15(17)12-5-3-2-4-6-12/h2-10,14-15,17H,1H3/t14-,15-/m1/s1. The topological polar surface area (TPSA) is 29.5 Å². The number of aliphatic hydroxyl groups is 1. The molecule has 0 spiro atoms. The lowest BCUT2D eigenvalue weighted by molar-refractivity contribution is 0.177. The van der Waals surface area contributed by atoms with Gasteiger partial charge in [-0.15, -0.1) is 0 Å². The number of aliphatic hydroxyl groups excluding tert-OH is 1. The summed E-state index contributed by atoms with van der Waals surface area (Å²) in [4.78, 5) is -0.134. The third kappa shape index (κ3) is 2.92. The molecular formula is C15H15BrO2. The summed E-state index contributed by atoms with van der Waals surface area (Å²) in [6.45, 7) is 0. The van der Waals surface area contributed by atoms with E-state index in [1.807, 2.05) is 54.6 Å². The minimum absolute atomic E-state index is 0.134. The molecule has 0 aromatic heterocycles. The number of hydrogen-bond donors (Lipinski definition) is 1.